The average Bonchev–Trinajstić information content (AvgIpc) is 2.92. The third-order valence-corrected chi connectivity index (χ3v) is 6.22. The van der Waals surface area contributed by atoms with Gasteiger partial charge in [0.2, 0.25) is 5.95 Å². The highest BCUT2D eigenvalue weighted by Crippen LogP contribution is 2.28. The van der Waals surface area contributed by atoms with Crippen molar-refractivity contribution in [3.05, 3.63) is 114 Å². The van der Waals surface area contributed by atoms with E-state index in [0.29, 0.717) is 16.9 Å². The third kappa shape index (κ3) is 6.12. The van der Waals surface area contributed by atoms with E-state index in [9.17, 15) is 19.7 Å². The van der Waals surface area contributed by atoms with E-state index in [1.165, 1.54) is 23.8 Å². The molecule has 39 heavy (non-hydrogen) atoms. The van der Waals surface area contributed by atoms with Gasteiger partial charge in [0.25, 0.3) is 0 Å². The zero-order chi connectivity index (χ0) is 28.1. The summed E-state index contributed by atoms with van der Waals surface area (Å²) in [7, 11) is 2.89. The summed E-state index contributed by atoms with van der Waals surface area (Å²) >= 11 is 0. The number of aryl methyl sites for hydroxylation is 2. The van der Waals surface area contributed by atoms with Crippen molar-refractivity contribution in [2.45, 2.75) is 33.5 Å². The largest absolute Gasteiger partial charge is 0.497 e. The molecule has 0 bridgehead atoms. The maximum Gasteiger partial charge on any atom is 0.355 e. The zero-order valence-electron chi connectivity index (χ0n) is 22.0. The number of methoxy groups -OCH3 is 2. The number of nitrogens with zero attached hydrogens (tertiary/aromatic N) is 5. The van der Waals surface area contributed by atoms with Gasteiger partial charge in [-0.2, -0.15) is 4.98 Å². The van der Waals surface area contributed by atoms with Gasteiger partial charge in [0.15, 0.2) is 5.75 Å². The topological polar surface area (TPSA) is 143 Å². The minimum absolute atomic E-state index is 0.0152. The first-order valence-corrected chi connectivity index (χ1v) is 12.0. The molecule has 0 amide bonds. The van der Waals surface area contributed by atoms with Crippen LogP contribution in [0.5, 0.6) is 11.5 Å². The second-order valence-corrected chi connectivity index (χ2v) is 8.89. The molecular weight excluding hydrogens is 504 g/mol. The van der Waals surface area contributed by atoms with Crippen molar-refractivity contribution >= 4 is 11.6 Å². The van der Waals surface area contributed by atoms with E-state index < -0.39 is 16.3 Å². The summed E-state index contributed by atoms with van der Waals surface area (Å²) in [5.41, 5.74) is 2.29. The fraction of sp³-hybridized carbons (Fsp3) is 0.259. The van der Waals surface area contributed by atoms with E-state index in [4.69, 9.17) is 9.47 Å². The molecule has 0 aliphatic carbocycles. The van der Waals surface area contributed by atoms with Crippen LogP contribution in [0.15, 0.2) is 64.3 Å². The van der Waals surface area contributed by atoms with Crippen LogP contribution < -0.4 is 26.2 Å². The first-order valence-electron chi connectivity index (χ1n) is 12.0. The summed E-state index contributed by atoms with van der Waals surface area (Å²) in [4.78, 5) is 46.1. The SMILES string of the molecule is COc1ccc(Cn2c(=O)nc(NCc3cnc(C)cc3C)n(Cc3ccc(OC)c([N+](=O)[O-])c3)c2=O)cc1. The van der Waals surface area contributed by atoms with Crippen molar-refractivity contribution in [3.63, 3.8) is 0 Å². The monoisotopic (exact) mass is 532 g/mol. The molecule has 1 N–H and O–H groups in total. The van der Waals surface area contributed by atoms with E-state index >= 15 is 0 Å². The molecular formula is C27H28N6O6. The van der Waals surface area contributed by atoms with Crippen LogP contribution in [0, 0.1) is 24.0 Å². The highest BCUT2D eigenvalue weighted by molar-refractivity contribution is 5.49. The molecule has 12 heteroatoms. The molecule has 202 valence electrons. The number of hydrogen-bond donors (Lipinski definition) is 1. The van der Waals surface area contributed by atoms with Gasteiger partial charge >= 0.3 is 17.1 Å². The standard InChI is InChI=1S/C27H28N6O6/c1-17-11-18(2)28-13-21(17)14-29-25-30-26(34)32(15-19-5-8-22(38-3)9-6-19)27(35)31(25)16-20-7-10-24(39-4)23(12-20)33(36)37/h5-13H,14-16H2,1-4H3,(H,29,30,34). The molecule has 2 aromatic heterocycles. The second-order valence-electron chi connectivity index (χ2n) is 8.89. The first kappa shape index (κ1) is 27.0. The Bertz CT molecular complexity index is 1630. The highest BCUT2D eigenvalue weighted by atomic mass is 16.6. The Labute approximate surface area is 223 Å². The number of rotatable bonds is 10. The number of nitro benzene ring substituents is 1. The van der Waals surface area contributed by atoms with Crippen molar-refractivity contribution in [2.24, 2.45) is 0 Å². The van der Waals surface area contributed by atoms with Gasteiger partial charge in [0.1, 0.15) is 5.75 Å². The summed E-state index contributed by atoms with van der Waals surface area (Å²) < 4.78 is 12.6. The fourth-order valence-electron chi connectivity index (χ4n) is 4.10. The van der Waals surface area contributed by atoms with Gasteiger partial charge in [-0.1, -0.05) is 18.2 Å². The van der Waals surface area contributed by atoms with Gasteiger partial charge in [-0.05, 0) is 60.4 Å². The Morgan fingerprint density at radius 3 is 2.28 bits per heavy atom. The van der Waals surface area contributed by atoms with Crippen molar-refractivity contribution in [2.75, 3.05) is 19.5 Å². The molecule has 12 nitrogen and oxygen atoms in total. The zero-order valence-corrected chi connectivity index (χ0v) is 22.0. The van der Waals surface area contributed by atoms with Crippen LogP contribution in [0.25, 0.3) is 0 Å². The number of nitrogens with one attached hydrogen (secondary N) is 1. The van der Waals surface area contributed by atoms with E-state index in [-0.39, 0.29) is 37.0 Å². The van der Waals surface area contributed by atoms with Crippen LogP contribution in [0.1, 0.15) is 27.9 Å². The van der Waals surface area contributed by atoms with Gasteiger partial charge in [0.05, 0.1) is 32.2 Å². The molecule has 0 aliphatic rings. The number of benzene rings is 2. The molecule has 4 aromatic rings. The molecule has 0 saturated heterocycles. The van der Waals surface area contributed by atoms with Crippen LogP contribution >= 0.6 is 0 Å². The smallest absolute Gasteiger partial charge is 0.355 e. The predicted octanol–water partition coefficient (Wildman–Crippen LogP) is 3.05. The summed E-state index contributed by atoms with van der Waals surface area (Å²) in [6, 6.07) is 13.3. The highest BCUT2D eigenvalue weighted by Gasteiger charge is 2.19. The van der Waals surface area contributed by atoms with Crippen LogP contribution in [-0.2, 0) is 19.6 Å². The van der Waals surface area contributed by atoms with E-state index in [2.05, 4.69) is 15.3 Å². The summed E-state index contributed by atoms with van der Waals surface area (Å²) in [5.74, 6) is 0.775. The Kier molecular flexibility index (Phi) is 8.04. The number of pyridine rings is 1. The summed E-state index contributed by atoms with van der Waals surface area (Å²) in [6.07, 6.45) is 1.72. The van der Waals surface area contributed by atoms with Gasteiger partial charge in [-0.15, -0.1) is 0 Å². The lowest BCUT2D eigenvalue weighted by Gasteiger charge is -2.16. The minimum atomic E-state index is -0.728. The lowest BCUT2D eigenvalue weighted by atomic mass is 10.1. The Balaban J connectivity index is 1.76. The van der Waals surface area contributed by atoms with Crippen molar-refractivity contribution in [1.29, 1.82) is 0 Å². The van der Waals surface area contributed by atoms with E-state index in [0.717, 1.165) is 21.4 Å². The molecule has 0 radical (unpaired) electrons. The Morgan fingerprint density at radius 2 is 1.64 bits per heavy atom. The fourth-order valence-corrected chi connectivity index (χ4v) is 4.10. The van der Waals surface area contributed by atoms with Gasteiger partial charge < -0.3 is 14.8 Å². The normalized spacial score (nSPS) is 10.8. The van der Waals surface area contributed by atoms with Crippen LogP contribution in [0.4, 0.5) is 11.6 Å². The molecule has 2 aromatic carbocycles. The van der Waals surface area contributed by atoms with Crippen molar-refractivity contribution in [3.8, 4) is 11.5 Å². The first-order chi connectivity index (χ1) is 18.7. The van der Waals surface area contributed by atoms with E-state index in [1.807, 2.05) is 19.9 Å². The lowest BCUT2D eigenvalue weighted by Crippen LogP contribution is -2.43. The Hall–Kier alpha value is -5.00. The second kappa shape index (κ2) is 11.6. The van der Waals surface area contributed by atoms with Crippen molar-refractivity contribution in [1.82, 2.24) is 19.1 Å². The number of hydrogen-bond acceptors (Lipinski definition) is 9. The molecule has 0 spiro atoms. The molecule has 2 heterocycles. The van der Waals surface area contributed by atoms with Gasteiger partial charge in [0, 0.05) is 24.5 Å². The number of anilines is 1. The summed E-state index contributed by atoms with van der Waals surface area (Å²) in [5, 5.41) is 14.6. The molecule has 0 atom stereocenters. The maximum atomic E-state index is 13.7. The molecule has 0 fully saturated rings. The number of aromatic nitrogens is 4. The number of ether oxygens (including phenoxy) is 2. The minimum Gasteiger partial charge on any atom is -0.497 e. The number of nitro groups is 1. The maximum absolute atomic E-state index is 13.7. The van der Waals surface area contributed by atoms with Crippen LogP contribution in [-0.4, -0.2) is 38.2 Å². The van der Waals surface area contributed by atoms with Gasteiger partial charge in [-0.3, -0.25) is 19.7 Å². The van der Waals surface area contributed by atoms with Crippen LogP contribution in [0.3, 0.4) is 0 Å². The molecule has 4 rings (SSSR count). The quantitative estimate of drug-likeness (QED) is 0.241. The Morgan fingerprint density at radius 1 is 0.949 bits per heavy atom. The average molecular weight is 533 g/mol. The van der Waals surface area contributed by atoms with Gasteiger partial charge in [-0.25, -0.2) is 14.2 Å². The predicted molar refractivity (Wildman–Crippen MR) is 145 cm³/mol. The molecule has 0 aliphatic heterocycles. The van der Waals surface area contributed by atoms with Crippen molar-refractivity contribution < 1.29 is 14.4 Å². The van der Waals surface area contributed by atoms with Crippen LogP contribution in [0.2, 0.25) is 0 Å². The molecule has 0 unspecified atom stereocenters. The molecule has 0 saturated carbocycles. The summed E-state index contributed by atoms with van der Waals surface area (Å²) in [6.45, 7) is 4.00. The van der Waals surface area contributed by atoms with E-state index in [1.54, 1.807) is 43.6 Å². The third-order valence-electron chi connectivity index (χ3n) is 6.22. The lowest BCUT2D eigenvalue weighted by molar-refractivity contribution is -0.385.